The molecule has 2 rings (SSSR count). The van der Waals surface area contributed by atoms with Gasteiger partial charge in [0.2, 0.25) is 0 Å². The van der Waals surface area contributed by atoms with Gasteiger partial charge in [-0.15, -0.1) is 0 Å². The molecule has 0 amide bonds. The number of carbonyl (C=O) groups excluding carboxylic acids is 1. The van der Waals surface area contributed by atoms with E-state index in [2.05, 4.69) is 0 Å². The molecule has 5 heteroatoms. The van der Waals surface area contributed by atoms with E-state index in [1.54, 1.807) is 31.2 Å². The normalized spacial score (nSPS) is 11.8. The van der Waals surface area contributed by atoms with Gasteiger partial charge in [-0.05, 0) is 36.8 Å². The smallest absolute Gasteiger partial charge is 0.307 e. The van der Waals surface area contributed by atoms with Crippen LogP contribution in [-0.2, 0) is 9.53 Å². The first-order chi connectivity index (χ1) is 10.6. The maximum absolute atomic E-state index is 13.8. The molecule has 2 aromatic carbocycles. The lowest BCUT2D eigenvalue weighted by Gasteiger charge is -2.13. The van der Waals surface area contributed by atoms with E-state index in [-0.39, 0.29) is 18.1 Å². The minimum absolute atomic E-state index is 0.0320. The first-order valence-electron chi connectivity index (χ1n) is 7.03. The Hall–Kier alpha value is -2.40. The molecule has 0 heterocycles. The molecule has 22 heavy (non-hydrogen) atoms. The zero-order chi connectivity index (χ0) is 15.9. The van der Waals surface area contributed by atoms with Gasteiger partial charge in [-0.3, -0.25) is 4.79 Å². The lowest BCUT2D eigenvalue weighted by molar-refractivity contribution is -0.143. The highest BCUT2D eigenvalue weighted by atomic mass is 19.1. The molecule has 0 aliphatic carbocycles. The van der Waals surface area contributed by atoms with Crippen LogP contribution in [0.2, 0.25) is 0 Å². The van der Waals surface area contributed by atoms with Gasteiger partial charge in [0, 0.05) is 6.04 Å². The maximum Gasteiger partial charge on any atom is 0.307 e. The van der Waals surface area contributed by atoms with Gasteiger partial charge < -0.3 is 15.2 Å². The third kappa shape index (κ3) is 4.30. The average molecular weight is 303 g/mol. The second-order valence-corrected chi connectivity index (χ2v) is 4.72. The summed E-state index contributed by atoms with van der Waals surface area (Å²) < 4.78 is 24.2. The molecule has 1 atom stereocenters. The molecule has 0 bridgehead atoms. The number of ether oxygens (including phenoxy) is 2. The Bertz CT molecular complexity index is 631. The lowest BCUT2D eigenvalue weighted by atomic mass is 10.0. The number of esters is 1. The van der Waals surface area contributed by atoms with Crippen molar-refractivity contribution in [1.82, 2.24) is 0 Å². The van der Waals surface area contributed by atoms with Gasteiger partial charge in [-0.25, -0.2) is 4.39 Å². The lowest BCUT2D eigenvalue weighted by Crippen LogP contribution is -2.17. The third-order valence-electron chi connectivity index (χ3n) is 3.05. The van der Waals surface area contributed by atoms with Crippen molar-refractivity contribution in [3.8, 4) is 11.5 Å². The zero-order valence-corrected chi connectivity index (χ0v) is 12.3. The molecule has 0 saturated heterocycles. The van der Waals surface area contributed by atoms with Crippen LogP contribution in [0.5, 0.6) is 11.5 Å². The summed E-state index contributed by atoms with van der Waals surface area (Å²) in [5.41, 5.74) is 6.57. The highest BCUT2D eigenvalue weighted by Gasteiger charge is 2.15. The summed E-state index contributed by atoms with van der Waals surface area (Å²) in [6.07, 6.45) is 0.0320. The van der Waals surface area contributed by atoms with E-state index in [0.717, 1.165) is 0 Å². The van der Waals surface area contributed by atoms with E-state index < -0.39 is 11.9 Å². The summed E-state index contributed by atoms with van der Waals surface area (Å²) in [7, 11) is 0. The molecule has 0 aromatic heterocycles. The van der Waals surface area contributed by atoms with Gasteiger partial charge in [0.1, 0.15) is 5.75 Å². The van der Waals surface area contributed by atoms with E-state index in [9.17, 15) is 9.18 Å². The van der Waals surface area contributed by atoms with Crippen LogP contribution >= 0.6 is 0 Å². The van der Waals surface area contributed by atoms with Gasteiger partial charge >= 0.3 is 5.97 Å². The van der Waals surface area contributed by atoms with Crippen LogP contribution in [-0.4, -0.2) is 12.6 Å². The van der Waals surface area contributed by atoms with Crippen LogP contribution in [0.1, 0.15) is 24.9 Å². The second-order valence-electron chi connectivity index (χ2n) is 4.72. The highest BCUT2D eigenvalue weighted by Crippen LogP contribution is 2.28. The number of hydrogen-bond acceptors (Lipinski definition) is 4. The number of nitrogens with two attached hydrogens (primary N) is 1. The quantitative estimate of drug-likeness (QED) is 0.829. The Morgan fingerprint density at radius 2 is 1.95 bits per heavy atom. The van der Waals surface area contributed by atoms with Crippen molar-refractivity contribution in [3.05, 3.63) is 59.9 Å². The SMILES string of the molecule is CCOC(=O)C[C@H](N)c1ccc(F)c(Oc2ccccc2)c1. The molecule has 0 aliphatic rings. The van der Waals surface area contributed by atoms with Crippen molar-refractivity contribution >= 4 is 5.97 Å². The fraction of sp³-hybridized carbons (Fsp3) is 0.235. The second kappa shape index (κ2) is 7.56. The van der Waals surface area contributed by atoms with Gasteiger partial charge in [-0.2, -0.15) is 0 Å². The molecular formula is C17H18FNO3. The Labute approximate surface area is 128 Å². The maximum atomic E-state index is 13.8. The molecule has 4 nitrogen and oxygen atoms in total. The van der Waals surface area contributed by atoms with Crippen molar-refractivity contribution in [2.24, 2.45) is 5.73 Å². The minimum Gasteiger partial charge on any atom is -0.466 e. The average Bonchev–Trinajstić information content (AvgIpc) is 2.50. The Morgan fingerprint density at radius 3 is 2.64 bits per heavy atom. The van der Waals surface area contributed by atoms with Crippen LogP contribution in [0.25, 0.3) is 0 Å². The van der Waals surface area contributed by atoms with Gasteiger partial charge in [0.05, 0.1) is 13.0 Å². The number of para-hydroxylation sites is 1. The predicted octanol–water partition coefficient (Wildman–Crippen LogP) is 3.57. The predicted molar refractivity (Wildman–Crippen MR) is 81.1 cm³/mol. The first-order valence-corrected chi connectivity index (χ1v) is 7.03. The monoisotopic (exact) mass is 303 g/mol. The molecular weight excluding hydrogens is 285 g/mol. The summed E-state index contributed by atoms with van der Waals surface area (Å²) in [6.45, 7) is 2.03. The number of hydrogen-bond donors (Lipinski definition) is 1. The highest BCUT2D eigenvalue weighted by molar-refractivity contribution is 5.70. The molecule has 2 aromatic rings. The summed E-state index contributed by atoms with van der Waals surface area (Å²) in [6, 6.07) is 12.6. The molecule has 0 spiro atoms. The molecule has 0 saturated carbocycles. The minimum atomic E-state index is -0.572. The number of carbonyl (C=O) groups is 1. The summed E-state index contributed by atoms with van der Waals surface area (Å²) in [5.74, 6) is -0.277. The molecule has 116 valence electrons. The van der Waals surface area contributed by atoms with Crippen LogP contribution in [0, 0.1) is 5.82 Å². The summed E-state index contributed by atoms with van der Waals surface area (Å²) in [4.78, 5) is 11.5. The molecule has 0 unspecified atom stereocenters. The van der Waals surface area contributed by atoms with Crippen molar-refractivity contribution in [2.45, 2.75) is 19.4 Å². The van der Waals surface area contributed by atoms with Crippen molar-refractivity contribution in [1.29, 1.82) is 0 Å². The van der Waals surface area contributed by atoms with E-state index in [1.165, 1.54) is 18.2 Å². The van der Waals surface area contributed by atoms with Crippen molar-refractivity contribution < 1.29 is 18.7 Å². The number of benzene rings is 2. The molecule has 0 fully saturated rings. The Kier molecular flexibility index (Phi) is 5.49. The van der Waals surface area contributed by atoms with E-state index in [4.69, 9.17) is 15.2 Å². The fourth-order valence-corrected chi connectivity index (χ4v) is 1.96. The Balaban J connectivity index is 2.14. The topological polar surface area (TPSA) is 61.5 Å². The molecule has 2 N–H and O–H groups in total. The van der Waals surface area contributed by atoms with Crippen LogP contribution in [0.4, 0.5) is 4.39 Å². The fourth-order valence-electron chi connectivity index (χ4n) is 1.96. The van der Waals surface area contributed by atoms with Crippen molar-refractivity contribution in [3.63, 3.8) is 0 Å². The number of halogens is 1. The molecule has 0 radical (unpaired) electrons. The molecule has 0 aliphatic heterocycles. The van der Waals surface area contributed by atoms with Gasteiger partial charge in [0.15, 0.2) is 11.6 Å². The van der Waals surface area contributed by atoms with Gasteiger partial charge in [-0.1, -0.05) is 24.3 Å². The zero-order valence-electron chi connectivity index (χ0n) is 12.3. The summed E-state index contributed by atoms with van der Waals surface area (Å²) in [5, 5.41) is 0. The van der Waals surface area contributed by atoms with E-state index in [1.807, 2.05) is 6.07 Å². The summed E-state index contributed by atoms with van der Waals surface area (Å²) >= 11 is 0. The third-order valence-corrected chi connectivity index (χ3v) is 3.05. The van der Waals surface area contributed by atoms with E-state index >= 15 is 0 Å². The van der Waals surface area contributed by atoms with Crippen molar-refractivity contribution in [2.75, 3.05) is 6.61 Å². The Morgan fingerprint density at radius 1 is 1.23 bits per heavy atom. The van der Waals surface area contributed by atoms with Crippen LogP contribution in [0.15, 0.2) is 48.5 Å². The standard InChI is InChI=1S/C17H18FNO3/c1-2-21-17(20)11-15(19)12-8-9-14(18)16(10-12)22-13-6-4-3-5-7-13/h3-10,15H,2,11,19H2,1H3/t15-/m0/s1. The number of rotatable bonds is 6. The van der Waals surface area contributed by atoms with E-state index in [0.29, 0.717) is 17.9 Å². The van der Waals surface area contributed by atoms with Crippen LogP contribution < -0.4 is 10.5 Å². The van der Waals surface area contributed by atoms with Gasteiger partial charge in [0.25, 0.3) is 0 Å². The largest absolute Gasteiger partial charge is 0.466 e. The first kappa shape index (κ1) is 16.0. The van der Waals surface area contributed by atoms with Crippen LogP contribution in [0.3, 0.4) is 0 Å².